The highest BCUT2D eigenvalue weighted by molar-refractivity contribution is 7.15. The van der Waals surface area contributed by atoms with E-state index in [2.05, 4.69) is 40.1 Å². The highest BCUT2D eigenvalue weighted by Crippen LogP contribution is 2.25. The zero-order chi connectivity index (χ0) is 11.8. The molecule has 0 amide bonds. The molecule has 17 heavy (non-hydrogen) atoms. The molecule has 1 N–H and O–H groups in total. The molecule has 0 bridgehead atoms. The molecule has 0 aliphatic heterocycles. The fourth-order valence-corrected chi connectivity index (χ4v) is 3.61. The molecule has 2 aromatic heterocycles. The van der Waals surface area contributed by atoms with Gasteiger partial charge in [0.25, 0.3) is 0 Å². The predicted molar refractivity (Wildman–Crippen MR) is 71.4 cm³/mol. The van der Waals surface area contributed by atoms with Gasteiger partial charge in [-0.25, -0.2) is 4.98 Å². The average molecular weight is 249 g/mol. The van der Waals surface area contributed by atoms with Crippen LogP contribution in [0, 0.1) is 12.8 Å². The second-order valence-corrected chi connectivity index (χ2v) is 5.97. The van der Waals surface area contributed by atoms with Crippen LogP contribution in [0.2, 0.25) is 0 Å². The second-order valence-electron chi connectivity index (χ2n) is 5.10. The molecule has 2 heterocycles. The van der Waals surface area contributed by atoms with Crippen LogP contribution in [0.15, 0.2) is 11.6 Å². The Hall–Kier alpha value is -0.870. The highest BCUT2D eigenvalue weighted by atomic mass is 32.1. The van der Waals surface area contributed by atoms with Gasteiger partial charge < -0.3 is 5.32 Å². The number of imidazole rings is 1. The summed E-state index contributed by atoms with van der Waals surface area (Å²) in [6.45, 7) is 5.40. The maximum absolute atomic E-state index is 4.58. The van der Waals surface area contributed by atoms with Crippen LogP contribution < -0.4 is 5.32 Å². The Kier molecular flexibility index (Phi) is 2.92. The Bertz CT molecular complexity index is 514. The first-order chi connectivity index (χ1) is 8.25. The molecular formula is C13H19N3S. The van der Waals surface area contributed by atoms with Crippen molar-refractivity contribution < 1.29 is 0 Å². The number of hydrogen-bond acceptors (Lipinski definition) is 3. The predicted octanol–water partition coefficient (Wildman–Crippen LogP) is 2.98. The Morgan fingerprint density at radius 2 is 2.41 bits per heavy atom. The number of aromatic nitrogens is 2. The van der Waals surface area contributed by atoms with Gasteiger partial charge >= 0.3 is 0 Å². The molecular weight excluding hydrogens is 230 g/mol. The topological polar surface area (TPSA) is 29.3 Å². The van der Waals surface area contributed by atoms with E-state index < -0.39 is 0 Å². The summed E-state index contributed by atoms with van der Waals surface area (Å²) in [6, 6.07) is 0.693. The smallest absolute Gasteiger partial charge is 0.194 e. The van der Waals surface area contributed by atoms with Crippen molar-refractivity contribution in [3.8, 4) is 0 Å². The fourth-order valence-electron chi connectivity index (χ4n) is 2.83. The van der Waals surface area contributed by atoms with Crippen LogP contribution >= 0.6 is 11.3 Å². The Morgan fingerprint density at radius 3 is 3.18 bits per heavy atom. The number of aryl methyl sites for hydroxylation is 1. The maximum atomic E-state index is 4.58. The quantitative estimate of drug-likeness (QED) is 0.906. The zero-order valence-corrected chi connectivity index (χ0v) is 11.3. The Morgan fingerprint density at radius 1 is 1.53 bits per heavy atom. The first-order valence-electron chi connectivity index (χ1n) is 6.40. The summed E-state index contributed by atoms with van der Waals surface area (Å²) >= 11 is 1.71. The molecule has 4 heteroatoms. The van der Waals surface area contributed by atoms with Crippen molar-refractivity contribution in [3.05, 3.63) is 23.0 Å². The lowest BCUT2D eigenvalue weighted by Crippen LogP contribution is -2.31. The minimum absolute atomic E-state index is 0.693. The molecule has 2 unspecified atom stereocenters. The number of nitrogens with one attached hydrogen (secondary N) is 1. The van der Waals surface area contributed by atoms with E-state index in [0.29, 0.717) is 6.04 Å². The SMILES string of the molecule is Cc1nc2sccn2c1CNC1CCCC1C. The number of nitrogens with zero attached hydrogens (tertiary/aromatic N) is 2. The van der Waals surface area contributed by atoms with Crippen molar-refractivity contribution in [1.82, 2.24) is 14.7 Å². The summed E-state index contributed by atoms with van der Waals surface area (Å²) in [5, 5.41) is 5.80. The molecule has 0 spiro atoms. The van der Waals surface area contributed by atoms with Gasteiger partial charge in [0.15, 0.2) is 4.96 Å². The number of hydrogen-bond donors (Lipinski definition) is 1. The van der Waals surface area contributed by atoms with Gasteiger partial charge in [-0.15, -0.1) is 11.3 Å². The summed E-state index contributed by atoms with van der Waals surface area (Å²) in [6.07, 6.45) is 6.19. The van der Waals surface area contributed by atoms with Crippen molar-refractivity contribution in [3.63, 3.8) is 0 Å². The van der Waals surface area contributed by atoms with Gasteiger partial charge in [0.05, 0.1) is 11.4 Å². The third-order valence-corrected chi connectivity index (χ3v) is 4.71. The summed E-state index contributed by atoms with van der Waals surface area (Å²) in [4.78, 5) is 5.69. The first kappa shape index (κ1) is 11.2. The first-order valence-corrected chi connectivity index (χ1v) is 7.28. The molecule has 1 aliphatic carbocycles. The minimum Gasteiger partial charge on any atom is -0.308 e. The van der Waals surface area contributed by atoms with E-state index in [0.717, 1.165) is 23.1 Å². The average Bonchev–Trinajstić information content (AvgIpc) is 2.94. The molecule has 3 nitrogen and oxygen atoms in total. The van der Waals surface area contributed by atoms with Crippen molar-refractivity contribution >= 4 is 16.3 Å². The van der Waals surface area contributed by atoms with Crippen LogP contribution in [0.4, 0.5) is 0 Å². The molecule has 2 aromatic rings. The van der Waals surface area contributed by atoms with E-state index in [-0.39, 0.29) is 0 Å². The highest BCUT2D eigenvalue weighted by Gasteiger charge is 2.23. The fraction of sp³-hybridized carbons (Fsp3) is 0.615. The standard InChI is InChI=1S/C13H19N3S/c1-9-4-3-5-11(9)14-8-12-10(2)15-13-16(12)6-7-17-13/h6-7,9,11,14H,3-5,8H2,1-2H3. The van der Waals surface area contributed by atoms with E-state index in [1.165, 1.54) is 25.0 Å². The van der Waals surface area contributed by atoms with Crippen LogP contribution in [-0.4, -0.2) is 15.4 Å². The molecule has 0 saturated heterocycles. The summed E-state index contributed by atoms with van der Waals surface area (Å²) < 4.78 is 2.21. The number of thiazole rings is 1. The summed E-state index contributed by atoms with van der Waals surface area (Å²) in [7, 11) is 0. The third kappa shape index (κ3) is 2.00. The second kappa shape index (κ2) is 4.42. The van der Waals surface area contributed by atoms with Crippen molar-refractivity contribution in [2.24, 2.45) is 5.92 Å². The van der Waals surface area contributed by atoms with E-state index in [4.69, 9.17) is 0 Å². The number of rotatable bonds is 3. The molecule has 3 rings (SSSR count). The summed E-state index contributed by atoms with van der Waals surface area (Å²) in [5.74, 6) is 0.821. The maximum Gasteiger partial charge on any atom is 0.194 e. The van der Waals surface area contributed by atoms with Gasteiger partial charge in [0.1, 0.15) is 0 Å². The molecule has 1 fully saturated rings. The molecule has 1 aliphatic rings. The van der Waals surface area contributed by atoms with E-state index in [1.807, 2.05) is 0 Å². The van der Waals surface area contributed by atoms with Crippen LogP contribution in [-0.2, 0) is 6.54 Å². The Balaban J connectivity index is 1.75. The van der Waals surface area contributed by atoms with Gasteiger partial charge in [-0.3, -0.25) is 4.40 Å². The van der Waals surface area contributed by atoms with E-state index >= 15 is 0 Å². The lowest BCUT2D eigenvalue weighted by atomic mass is 10.1. The number of fused-ring (bicyclic) bond motifs is 1. The van der Waals surface area contributed by atoms with Crippen LogP contribution in [0.3, 0.4) is 0 Å². The lowest BCUT2D eigenvalue weighted by molar-refractivity contribution is 0.423. The molecule has 92 valence electrons. The molecule has 0 radical (unpaired) electrons. The van der Waals surface area contributed by atoms with Gasteiger partial charge in [-0.2, -0.15) is 0 Å². The van der Waals surface area contributed by atoms with Crippen LogP contribution in [0.25, 0.3) is 4.96 Å². The van der Waals surface area contributed by atoms with Gasteiger partial charge in [0, 0.05) is 24.2 Å². The monoisotopic (exact) mass is 249 g/mol. The van der Waals surface area contributed by atoms with Crippen molar-refractivity contribution in [2.45, 2.75) is 45.7 Å². The minimum atomic E-state index is 0.693. The van der Waals surface area contributed by atoms with Crippen molar-refractivity contribution in [1.29, 1.82) is 0 Å². The normalized spacial score (nSPS) is 24.8. The van der Waals surface area contributed by atoms with Gasteiger partial charge in [-0.1, -0.05) is 13.3 Å². The van der Waals surface area contributed by atoms with E-state index in [1.54, 1.807) is 11.3 Å². The lowest BCUT2D eigenvalue weighted by Gasteiger charge is -2.17. The van der Waals surface area contributed by atoms with Gasteiger partial charge in [0.2, 0.25) is 0 Å². The molecule has 1 saturated carbocycles. The van der Waals surface area contributed by atoms with Crippen LogP contribution in [0.1, 0.15) is 37.6 Å². The molecule has 2 atom stereocenters. The molecule has 0 aromatic carbocycles. The van der Waals surface area contributed by atoms with Gasteiger partial charge in [-0.05, 0) is 25.7 Å². The zero-order valence-electron chi connectivity index (χ0n) is 10.4. The largest absolute Gasteiger partial charge is 0.308 e. The summed E-state index contributed by atoms with van der Waals surface area (Å²) in [5.41, 5.74) is 2.48. The Labute approximate surface area is 106 Å². The van der Waals surface area contributed by atoms with E-state index in [9.17, 15) is 0 Å². The van der Waals surface area contributed by atoms with Crippen molar-refractivity contribution in [2.75, 3.05) is 0 Å². The third-order valence-electron chi connectivity index (χ3n) is 3.95. The van der Waals surface area contributed by atoms with Crippen LogP contribution in [0.5, 0.6) is 0 Å².